The van der Waals surface area contributed by atoms with Crippen molar-refractivity contribution >= 4 is 29.1 Å². The van der Waals surface area contributed by atoms with Gasteiger partial charge in [-0.25, -0.2) is 0 Å². The lowest BCUT2D eigenvalue weighted by atomic mass is 10.1. The van der Waals surface area contributed by atoms with E-state index in [0.29, 0.717) is 16.6 Å². The van der Waals surface area contributed by atoms with Crippen molar-refractivity contribution in [3.8, 4) is 0 Å². The van der Waals surface area contributed by atoms with Gasteiger partial charge in [-0.15, -0.1) is 0 Å². The topological polar surface area (TPSA) is 33.0 Å². The van der Waals surface area contributed by atoms with Gasteiger partial charge in [0, 0.05) is 28.7 Å². The molecule has 0 aliphatic carbocycles. The summed E-state index contributed by atoms with van der Waals surface area (Å²) >= 11 is 12.0. The van der Waals surface area contributed by atoms with Gasteiger partial charge in [-0.1, -0.05) is 59.6 Å². The number of nitrogens with zero attached hydrogens (tertiary/aromatic N) is 1. The van der Waals surface area contributed by atoms with Crippen molar-refractivity contribution in [2.75, 3.05) is 0 Å². The molecule has 0 atom stereocenters. The molecule has 2 aromatic carbocycles. The smallest absolute Gasteiger partial charge is 0.286 e. The Morgan fingerprint density at radius 3 is 2.31 bits per heavy atom. The lowest BCUT2D eigenvalue weighted by Crippen LogP contribution is -2.42. The van der Waals surface area contributed by atoms with Gasteiger partial charge >= 0.3 is 0 Å². The number of pyridine rings is 1. The van der Waals surface area contributed by atoms with E-state index in [0.717, 1.165) is 12.0 Å². The molecule has 3 aromatic rings. The largest absolute Gasteiger partial charge is 0.346 e. The molecule has 132 valence electrons. The fraction of sp³-hybridized carbons (Fsp3) is 0.143. The molecule has 0 bridgehead atoms. The molecular weight excluding hydrogens is 367 g/mol. The maximum absolute atomic E-state index is 12.1. The molecule has 0 fully saturated rings. The first-order valence-electron chi connectivity index (χ1n) is 8.33. The SMILES string of the molecule is O=C(C[n+]1ccc(Cc2ccccc2)cc1)NCc1ccc(Cl)cc1Cl. The summed E-state index contributed by atoms with van der Waals surface area (Å²) in [6, 6.07) is 19.6. The standard InChI is InChI=1S/C21H18Cl2N2O/c22-19-7-6-18(20(23)13-19)14-24-21(26)15-25-10-8-17(9-11-25)12-16-4-2-1-3-5-16/h1-11,13H,12,14-15H2/p+1. The molecule has 26 heavy (non-hydrogen) atoms. The van der Waals surface area contributed by atoms with Crippen LogP contribution in [0.4, 0.5) is 0 Å². The Balaban J connectivity index is 1.52. The molecule has 0 saturated heterocycles. The van der Waals surface area contributed by atoms with Crippen molar-refractivity contribution in [3.05, 3.63) is 99.8 Å². The van der Waals surface area contributed by atoms with E-state index in [4.69, 9.17) is 23.2 Å². The third-order valence-corrected chi connectivity index (χ3v) is 4.62. The Kier molecular flexibility index (Phi) is 6.26. The molecule has 0 aliphatic heterocycles. The lowest BCUT2D eigenvalue weighted by molar-refractivity contribution is -0.684. The highest BCUT2D eigenvalue weighted by Gasteiger charge is 2.10. The van der Waals surface area contributed by atoms with Crippen LogP contribution in [0.3, 0.4) is 0 Å². The lowest BCUT2D eigenvalue weighted by Gasteiger charge is -2.06. The number of carbonyl (C=O) groups excluding carboxylic acids is 1. The van der Waals surface area contributed by atoms with Crippen LogP contribution in [-0.2, 0) is 24.3 Å². The molecule has 5 heteroatoms. The Morgan fingerprint density at radius 1 is 0.923 bits per heavy atom. The van der Waals surface area contributed by atoms with E-state index >= 15 is 0 Å². The van der Waals surface area contributed by atoms with Gasteiger partial charge in [0.05, 0.1) is 0 Å². The van der Waals surface area contributed by atoms with Gasteiger partial charge in [0.25, 0.3) is 5.91 Å². The van der Waals surface area contributed by atoms with Crippen LogP contribution in [0.1, 0.15) is 16.7 Å². The van der Waals surface area contributed by atoms with Gasteiger partial charge in [0.15, 0.2) is 12.4 Å². The molecule has 3 nitrogen and oxygen atoms in total. The quantitative estimate of drug-likeness (QED) is 0.634. The van der Waals surface area contributed by atoms with Crippen LogP contribution in [-0.4, -0.2) is 5.91 Å². The van der Waals surface area contributed by atoms with Crippen LogP contribution in [0.5, 0.6) is 0 Å². The monoisotopic (exact) mass is 385 g/mol. The van der Waals surface area contributed by atoms with Gasteiger partial charge in [-0.2, -0.15) is 4.57 Å². The van der Waals surface area contributed by atoms with Crippen LogP contribution in [0, 0.1) is 0 Å². The highest BCUT2D eigenvalue weighted by Crippen LogP contribution is 2.20. The van der Waals surface area contributed by atoms with E-state index in [2.05, 4.69) is 17.4 Å². The van der Waals surface area contributed by atoms with Crippen molar-refractivity contribution in [2.24, 2.45) is 0 Å². The molecule has 0 unspecified atom stereocenters. The summed E-state index contributed by atoms with van der Waals surface area (Å²) in [4.78, 5) is 12.1. The number of carbonyl (C=O) groups is 1. The van der Waals surface area contributed by atoms with Crippen LogP contribution in [0.15, 0.2) is 73.1 Å². The average Bonchev–Trinajstić information content (AvgIpc) is 2.63. The molecule has 3 rings (SSSR count). The van der Waals surface area contributed by atoms with Crippen molar-refractivity contribution in [1.29, 1.82) is 0 Å². The molecule has 1 aromatic heterocycles. The summed E-state index contributed by atoms with van der Waals surface area (Å²) in [5.74, 6) is -0.0724. The average molecular weight is 386 g/mol. The first-order valence-corrected chi connectivity index (χ1v) is 9.08. The van der Waals surface area contributed by atoms with Crippen molar-refractivity contribution in [3.63, 3.8) is 0 Å². The maximum atomic E-state index is 12.1. The number of amides is 1. The van der Waals surface area contributed by atoms with E-state index in [1.165, 1.54) is 11.1 Å². The number of hydrogen-bond acceptors (Lipinski definition) is 1. The van der Waals surface area contributed by atoms with Crippen molar-refractivity contribution < 1.29 is 9.36 Å². The second-order valence-electron chi connectivity index (χ2n) is 6.05. The first kappa shape index (κ1) is 18.4. The Labute approximate surface area is 163 Å². The zero-order chi connectivity index (χ0) is 18.4. The van der Waals surface area contributed by atoms with Gasteiger partial charge < -0.3 is 5.32 Å². The second kappa shape index (κ2) is 8.84. The summed E-state index contributed by atoms with van der Waals surface area (Å²) < 4.78 is 1.85. The van der Waals surface area contributed by atoms with E-state index < -0.39 is 0 Å². The van der Waals surface area contributed by atoms with E-state index in [1.54, 1.807) is 12.1 Å². The number of benzene rings is 2. The predicted octanol–water partition coefficient (Wildman–Crippen LogP) is 4.19. The van der Waals surface area contributed by atoms with E-state index in [-0.39, 0.29) is 12.5 Å². The van der Waals surface area contributed by atoms with Crippen molar-refractivity contribution in [2.45, 2.75) is 19.5 Å². The van der Waals surface area contributed by atoms with Crippen LogP contribution in [0.25, 0.3) is 0 Å². The molecule has 1 N–H and O–H groups in total. The Hall–Kier alpha value is -2.36. The highest BCUT2D eigenvalue weighted by molar-refractivity contribution is 6.35. The Morgan fingerprint density at radius 2 is 1.62 bits per heavy atom. The second-order valence-corrected chi connectivity index (χ2v) is 6.90. The van der Waals surface area contributed by atoms with E-state index in [9.17, 15) is 4.79 Å². The highest BCUT2D eigenvalue weighted by atomic mass is 35.5. The molecule has 0 spiro atoms. The third kappa shape index (κ3) is 5.32. The summed E-state index contributed by atoms with van der Waals surface area (Å²) in [5, 5.41) is 4.01. The van der Waals surface area contributed by atoms with Gasteiger partial charge in [0.1, 0.15) is 0 Å². The number of halogens is 2. The van der Waals surface area contributed by atoms with Gasteiger partial charge in [-0.3, -0.25) is 4.79 Å². The van der Waals surface area contributed by atoms with Crippen LogP contribution in [0.2, 0.25) is 10.0 Å². The minimum atomic E-state index is -0.0724. The fourth-order valence-corrected chi connectivity index (χ4v) is 3.10. The number of hydrogen-bond donors (Lipinski definition) is 1. The summed E-state index contributed by atoms with van der Waals surface area (Å²) in [6.07, 6.45) is 4.73. The Bertz CT molecular complexity index is 880. The molecule has 1 amide bonds. The molecule has 0 saturated carbocycles. The molecular formula is C21H19Cl2N2O+. The van der Waals surface area contributed by atoms with Crippen molar-refractivity contribution in [1.82, 2.24) is 5.32 Å². The maximum Gasteiger partial charge on any atom is 0.286 e. The minimum absolute atomic E-state index is 0.0724. The summed E-state index contributed by atoms with van der Waals surface area (Å²) in [5.41, 5.74) is 3.32. The van der Waals surface area contributed by atoms with E-state index in [1.807, 2.05) is 53.4 Å². The van der Waals surface area contributed by atoms with Gasteiger partial charge in [-0.05, 0) is 35.2 Å². The van der Waals surface area contributed by atoms with Crippen LogP contribution >= 0.6 is 23.2 Å². The first-order chi connectivity index (χ1) is 12.6. The number of nitrogens with one attached hydrogen (secondary N) is 1. The predicted molar refractivity (Wildman–Crippen MR) is 104 cm³/mol. The van der Waals surface area contributed by atoms with Crippen LogP contribution < -0.4 is 9.88 Å². The van der Waals surface area contributed by atoms with Gasteiger partial charge in [0.2, 0.25) is 6.54 Å². The molecule has 1 heterocycles. The zero-order valence-electron chi connectivity index (χ0n) is 14.2. The normalized spacial score (nSPS) is 10.5. The summed E-state index contributed by atoms with van der Waals surface area (Å²) in [6.45, 7) is 0.637. The minimum Gasteiger partial charge on any atom is -0.346 e. The third-order valence-electron chi connectivity index (χ3n) is 4.03. The molecule has 0 aliphatic rings. The number of rotatable bonds is 6. The number of aromatic nitrogens is 1. The summed E-state index contributed by atoms with van der Waals surface area (Å²) in [7, 11) is 0. The molecule has 0 radical (unpaired) electrons. The zero-order valence-corrected chi connectivity index (χ0v) is 15.7. The fourth-order valence-electron chi connectivity index (χ4n) is 2.62.